The molecule has 0 saturated heterocycles. The zero-order chi connectivity index (χ0) is 15.2. The number of carbonyl (C=O) groups is 2. The predicted molar refractivity (Wildman–Crippen MR) is 77.3 cm³/mol. The Hall–Kier alpha value is -2.96. The third-order valence-corrected chi connectivity index (χ3v) is 2.56. The molecule has 0 aliphatic heterocycles. The maximum atomic E-state index is 12.1. The summed E-state index contributed by atoms with van der Waals surface area (Å²) in [5.41, 5.74) is 0.777. The van der Waals surface area contributed by atoms with Gasteiger partial charge in [-0.25, -0.2) is 9.97 Å². The fourth-order valence-electron chi connectivity index (χ4n) is 1.67. The van der Waals surface area contributed by atoms with E-state index in [2.05, 4.69) is 20.6 Å². The number of rotatable bonds is 4. The third kappa shape index (κ3) is 3.75. The first-order chi connectivity index (χ1) is 10.1. The summed E-state index contributed by atoms with van der Waals surface area (Å²) in [7, 11) is 1.48. The molecule has 1 aromatic heterocycles. The molecule has 1 aromatic carbocycles. The van der Waals surface area contributed by atoms with Crippen LogP contribution in [0.15, 0.2) is 36.7 Å². The molecular formula is C14H14N4O3. The van der Waals surface area contributed by atoms with Gasteiger partial charge in [-0.3, -0.25) is 14.9 Å². The van der Waals surface area contributed by atoms with Crippen molar-refractivity contribution >= 4 is 23.5 Å². The number of benzene rings is 1. The second-order valence-electron chi connectivity index (χ2n) is 4.12. The number of aromatic nitrogens is 2. The maximum absolute atomic E-state index is 12.1. The Morgan fingerprint density at radius 2 is 1.86 bits per heavy atom. The summed E-state index contributed by atoms with van der Waals surface area (Å²) in [4.78, 5) is 31.1. The predicted octanol–water partition coefficient (Wildman–Crippen LogP) is 1.70. The van der Waals surface area contributed by atoms with Gasteiger partial charge in [0.25, 0.3) is 5.91 Å². The lowest BCUT2D eigenvalue weighted by molar-refractivity contribution is -0.114. The van der Waals surface area contributed by atoms with Crippen molar-refractivity contribution in [3.8, 4) is 5.75 Å². The second-order valence-corrected chi connectivity index (χ2v) is 4.12. The van der Waals surface area contributed by atoms with Gasteiger partial charge in [0.2, 0.25) is 11.9 Å². The van der Waals surface area contributed by atoms with Gasteiger partial charge < -0.3 is 10.1 Å². The summed E-state index contributed by atoms with van der Waals surface area (Å²) in [5, 5.41) is 5.17. The van der Waals surface area contributed by atoms with Crippen LogP contribution in [0.4, 0.5) is 11.6 Å². The smallest absolute Gasteiger partial charge is 0.258 e. The molecular weight excluding hydrogens is 272 g/mol. The van der Waals surface area contributed by atoms with Crippen LogP contribution < -0.4 is 15.4 Å². The SMILES string of the molecule is COc1ccc(C(=O)Nc2ncccn2)cc1NC(C)=O. The molecule has 2 rings (SSSR count). The van der Waals surface area contributed by atoms with Gasteiger partial charge >= 0.3 is 0 Å². The Bertz CT molecular complexity index is 659. The molecule has 7 heteroatoms. The van der Waals surface area contributed by atoms with E-state index in [1.807, 2.05) is 0 Å². The summed E-state index contributed by atoms with van der Waals surface area (Å²) in [6.45, 7) is 1.38. The zero-order valence-electron chi connectivity index (χ0n) is 11.6. The standard InChI is InChI=1S/C14H14N4O3/c1-9(19)17-11-8-10(4-5-12(11)21-2)13(20)18-14-15-6-3-7-16-14/h3-8H,1-2H3,(H,17,19)(H,15,16,18,20). The van der Waals surface area contributed by atoms with Crippen LogP contribution in [0.25, 0.3) is 0 Å². The molecule has 0 saturated carbocycles. The van der Waals surface area contributed by atoms with Crippen molar-refractivity contribution < 1.29 is 14.3 Å². The fourth-order valence-corrected chi connectivity index (χ4v) is 1.67. The van der Waals surface area contributed by atoms with Crippen molar-refractivity contribution in [2.75, 3.05) is 17.7 Å². The number of hydrogen-bond acceptors (Lipinski definition) is 5. The average molecular weight is 286 g/mol. The number of amides is 2. The van der Waals surface area contributed by atoms with E-state index in [-0.39, 0.29) is 17.8 Å². The van der Waals surface area contributed by atoms with Crippen LogP contribution in [0.2, 0.25) is 0 Å². The lowest BCUT2D eigenvalue weighted by Gasteiger charge is -2.10. The molecule has 0 atom stereocenters. The monoisotopic (exact) mass is 286 g/mol. The number of anilines is 2. The molecule has 0 unspecified atom stereocenters. The molecule has 21 heavy (non-hydrogen) atoms. The van der Waals surface area contributed by atoms with Crippen LogP contribution in [0.5, 0.6) is 5.75 Å². The molecule has 0 aliphatic rings. The minimum Gasteiger partial charge on any atom is -0.495 e. The first-order valence-corrected chi connectivity index (χ1v) is 6.14. The maximum Gasteiger partial charge on any atom is 0.258 e. The molecule has 0 radical (unpaired) electrons. The van der Waals surface area contributed by atoms with Crippen LogP contribution in [0.1, 0.15) is 17.3 Å². The van der Waals surface area contributed by atoms with Gasteiger partial charge in [-0.1, -0.05) is 0 Å². The third-order valence-electron chi connectivity index (χ3n) is 2.56. The van der Waals surface area contributed by atoms with Crippen LogP contribution in [0, 0.1) is 0 Å². The Kier molecular flexibility index (Phi) is 4.45. The van der Waals surface area contributed by atoms with Crippen LogP contribution in [-0.4, -0.2) is 28.9 Å². The number of ether oxygens (including phenoxy) is 1. The molecule has 108 valence electrons. The quantitative estimate of drug-likeness (QED) is 0.892. The molecule has 2 aromatic rings. The van der Waals surface area contributed by atoms with Gasteiger partial charge in [0.1, 0.15) is 5.75 Å². The molecule has 0 spiro atoms. The van der Waals surface area contributed by atoms with Gasteiger partial charge in [0, 0.05) is 24.9 Å². The number of carbonyl (C=O) groups excluding carboxylic acids is 2. The summed E-state index contributed by atoms with van der Waals surface area (Å²) < 4.78 is 5.13. The highest BCUT2D eigenvalue weighted by molar-refractivity contribution is 6.04. The molecule has 0 aliphatic carbocycles. The molecule has 0 bridgehead atoms. The molecule has 0 fully saturated rings. The van der Waals surface area contributed by atoms with Crippen molar-refractivity contribution in [3.63, 3.8) is 0 Å². The van der Waals surface area contributed by atoms with Crippen molar-refractivity contribution in [1.82, 2.24) is 9.97 Å². The molecule has 7 nitrogen and oxygen atoms in total. The number of nitrogens with one attached hydrogen (secondary N) is 2. The summed E-state index contributed by atoms with van der Waals surface area (Å²) in [5.74, 6) is 0.0461. The molecule has 1 heterocycles. The highest BCUT2D eigenvalue weighted by atomic mass is 16.5. The van der Waals surface area contributed by atoms with Crippen LogP contribution >= 0.6 is 0 Å². The van der Waals surface area contributed by atoms with E-state index in [1.165, 1.54) is 32.5 Å². The van der Waals surface area contributed by atoms with Crippen LogP contribution in [0.3, 0.4) is 0 Å². The van der Waals surface area contributed by atoms with Gasteiger partial charge in [0.15, 0.2) is 0 Å². The highest BCUT2D eigenvalue weighted by Crippen LogP contribution is 2.25. The van der Waals surface area contributed by atoms with Crippen molar-refractivity contribution in [2.24, 2.45) is 0 Å². The Morgan fingerprint density at radius 1 is 1.14 bits per heavy atom. The Morgan fingerprint density at radius 3 is 2.48 bits per heavy atom. The lowest BCUT2D eigenvalue weighted by atomic mass is 10.1. The van der Waals surface area contributed by atoms with Gasteiger partial charge in [-0.2, -0.15) is 0 Å². The van der Waals surface area contributed by atoms with E-state index in [0.29, 0.717) is 17.0 Å². The van der Waals surface area contributed by atoms with E-state index in [4.69, 9.17) is 4.74 Å². The summed E-state index contributed by atoms with van der Waals surface area (Å²) >= 11 is 0. The van der Waals surface area contributed by atoms with Crippen LogP contribution in [-0.2, 0) is 4.79 Å². The second kappa shape index (κ2) is 6.47. The minimum absolute atomic E-state index is 0.208. The number of hydrogen-bond donors (Lipinski definition) is 2. The first kappa shape index (κ1) is 14.4. The van der Waals surface area contributed by atoms with E-state index < -0.39 is 0 Å². The van der Waals surface area contributed by atoms with E-state index in [9.17, 15) is 9.59 Å². The lowest BCUT2D eigenvalue weighted by Crippen LogP contribution is -2.15. The Labute approximate surface area is 121 Å². The van der Waals surface area contributed by atoms with E-state index in [0.717, 1.165) is 0 Å². The normalized spacial score (nSPS) is 9.81. The first-order valence-electron chi connectivity index (χ1n) is 6.14. The van der Waals surface area contributed by atoms with Gasteiger partial charge in [-0.15, -0.1) is 0 Å². The molecule has 2 N–H and O–H groups in total. The largest absolute Gasteiger partial charge is 0.495 e. The summed E-state index contributed by atoms with van der Waals surface area (Å²) in [6.07, 6.45) is 3.05. The van der Waals surface area contributed by atoms with Crippen molar-refractivity contribution in [2.45, 2.75) is 6.92 Å². The van der Waals surface area contributed by atoms with Gasteiger partial charge in [0.05, 0.1) is 12.8 Å². The van der Waals surface area contributed by atoms with E-state index >= 15 is 0 Å². The zero-order valence-corrected chi connectivity index (χ0v) is 11.6. The van der Waals surface area contributed by atoms with Gasteiger partial charge in [-0.05, 0) is 24.3 Å². The minimum atomic E-state index is -0.379. The highest BCUT2D eigenvalue weighted by Gasteiger charge is 2.12. The van der Waals surface area contributed by atoms with Crippen molar-refractivity contribution in [1.29, 1.82) is 0 Å². The fraction of sp³-hybridized carbons (Fsp3) is 0.143. The number of nitrogens with zero attached hydrogens (tertiary/aromatic N) is 2. The van der Waals surface area contributed by atoms with Crippen molar-refractivity contribution in [3.05, 3.63) is 42.2 Å². The molecule has 2 amide bonds. The average Bonchev–Trinajstić information content (AvgIpc) is 2.47. The number of methoxy groups -OCH3 is 1. The van der Waals surface area contributed by atoms with E-state index in [1.54, 1.807) is 18.2 Å². The topological polar surface area (TPSA) is 93.2 Å². The summed E-state index contributed by atoms with van der Waals surface area (Å²) in [6, 6.07) is 6.37. The Balaban J connectivity index is 2.23.